The zero-order chi connectivity index (χ0) is 33.5. The number of aromatic nitrogens is 4. The quantitative estimate of drug-likeness (QED) is 0.190. The second kappa shape index (κ2) is 10.8. The van der Waals surface area contributed by atoms with Crippen molar-refractivity contribution in [3.05, 3.63) is 170 Å². The Hall–Kier alpha value is -6.98. The zero-order valence-corrected chi connectivity index (χ0v) is 27.4. The Morgan fingerprint density at radius 2 is 0.902 bits per heavy atom. The molecular weight excluding hydrogens is 625 g/mol. The van der Waals surface area contributed by atoms with Gasteiger partial charge in [-0.3, -0.25) is 4.57 Å². The standard InChI is InChI=1S/C46H28N4O/c1-4-16-29(17-5-1)35-28-36(30-18-6-2-7-19-30)48-46(47-35)50-38-26-14-10-22-32(38)40-41-34-24-12-15-27-39(34)51-45(41)42-33-23-11-13-25-37(33)49(44(42)43(40)50)31-20-8-3-9-21-31/h1-28H. The van der Waals surface area contributed by atoms with E-state index in [4.69, 9.17) is 14.4 Å². The van der Waals surface area contributed by atoms with Crippen LogP contribution in [0.25, 0.3) is 99.7 Å². The fourth-order valence-electron chi connectivity index (χ4n) is 7.98. The van der Waals surface area contributed by atoms with E-state index in [2.05, 4.69) is 161 Å². The lowest BCUT2D eigenvalue weighted by Gasteiger charge is -2.14. The normalized spacial score (nSPS) is 11.9. The number of rotatable bonds is 4. The highest BCUT2D eigenvalue weighted by molar-refractivity contribution is 6.39. The van der Waals surface area contributed by atoms with Gasteiger partial charge in [0.15, 0.2) is 0 Å². The van der Waals surface area contributed by atoms with Gasteiger partial charge in [-0.05, 0) is 36.4 Å². The fourth-order valence-corrected chi connectivity index (χ4v) is 7.98. The molecule has 4 aromatic heterocycles. The van der Waals surface area contributed by atoms with Crippen LogP contribution in [0.1, 0.15) is 0 Å². The molecule has 0 saturated carbocycles. The fraction of sp³-hybridized carbons (Fsp3) is 0. The summed E-state index contributed by atoms with van der Waals surface area (Å²) in [5, 5.41) is 6.62. The summed E-state index contributed by atoms with van der Waals surface area (Å²) in [5.74, 6) is 0.611. The third-order valence-corrected chi connectivity index (χ3v) is 10.1. The SMILES string of the molecule is c1ccc(-c2cc(-c3ccccc3)nc(-n3c4ccccc4c4c5c6ccccc6oc5c5c6ccccc6n(-c6ccccc6)c5c43)n2)cc1. The van der Waals surface area contributed by atoms with Gasteiger partial charge in [0.25, 0.3) is 0 Å². The highest BCUT2D eigenvalue weighted by atomic mass is 16.3. The van der Waals surface area contributed by atoms with E-state index in [0.717, 1.165) is 93.8 Å². The van der Waals surface area contributed by atoms with Crippen molar-refractivity contribution in [3.8, 4) is 34.2 Å². The zero-order valence-electron chi connectivity index (χ0n) is 27.4. The monoisotopic (exact) mass is 652 g/mol. The minimum absolute atomic E-state index is 0.611. The lowest BCUT2D eigenvalue weighted by atomic mass is 10.0. The third-order valence-electron chi connectivity index (χ3n) is 10.1. The summed E-state index contributed by atoms with van der Waals surface area (Å²) in [5.41, 5.74) is 10.8. The first-order valence-corrected chi connectivity index (χ1v) is 17.2. The summed E-state index contributed by atoms with van der Waals surface area (Å²) in [7, 11) is 0. The number of hydrogen-bond acceptors (Lipinski definition) is 3. The molecule has 11 aromatic rings. The maximum absolute atomic E-state index is 6.90. The third kappa shape index (κ3) is 4.03. The van der Waals surface area contributed by atoms with Crippen molar-refractivity contribution in [2.75, 3.05) is 0 Å². The first-order chi connectivity index (χ1) is 25.3. The molecule has 5 heteroatoms. The number of fused-ring (bicyclic) bond motifs is 12. The summed E-state index contributed by atoms with van der Waals surface area (Å²) in [6.07, 6.45) is 0. The average molecular weight is 653 g/mol. The largest absolute Gasteiger partial charge is 0.455 e. The number of hydrogen-bond donors (Lipinski definition) is 0. The molecule has 0 atom stereocenters. The van der Waals surface area contributed by atoms with E-state index in [0.29, 0.717) is 5.95 Å². The van der Waals surface area contributed by atoms with Crippen molar-refractivity contribution < 1.29 is 4.42 Å². The Balaban J connectivity index is 1.42. The molecule has 0 fully saturated rings. The summed E-state index contributed by atoms with van der Waals surface area (Å²) < 4.78 is 11.6. The van der Waals surface area contributed by atoms with E-state index in [-0.39, 0.29) is 0 Å². The molecule has 5 nitrogen and oxygen atoms in total. The minimum Gasteiger partial charge on any atom is -0.455 e. The molecular formula is C46H28N4O. The Labute approximate surface area is 292 Å². The molecule has 0 N–H and O–H groups in total. The van der Waals surface area contributed by atoms with Gasteiger partial charge in [-0.1, -0.05) is 133 Å². The molecule has 0 aliphatic rings. The Bertz CT molecular complexity index is 3060. The number of benzene rings is 7. The van der Waals surface area contributed by atoms with Gasteiger partial charge in [0, 0.05) is 43.7 Å². The maximum atomic E-state index is 6.90. The van der Waals surface area contributed by atoms with Crippen molar-refractivity contribution in [2.24, 2.45) is 0 Å². The molecule has 238 valence electrons. The lowest BCUT2D eigenvalue weighted by Crippen LogP contribution is -2.05. The lowest BCUT2D eigenvalue weighted by molar-refractivity contribution is 0.673. The molecule has 0 radical (unpaired) electrons. The Morgan fingerprint density at radius 1 is 0.412 bits per heavy atom. The van der Waals surface area contributed by atoms with Crippen LogP contribution in [0.15, 0.2) is 174 Å². The maximum Gasteiger partial charge on any atom is 0.235 e. The molecule has 4 heterocycles. The van der Waals surface area contributed by atoms with Crippen LogP contribution in [0, 0.1) is 0 Å². The van der Waals surface area contributed by atoms with Crippen molar-refractivity contribution >= 4 is 65.6 Å². The van der Waals surface area contributed by atoms with Crippen LogP contribution in [0.5, 0.6) is 0 Å². The van der Waals surface area contributed by atoms with Gasteiger partial charge >= 0.3 is 0 Å². The van der Waals surface area contributed by atoms with Crippen LogP contribution >= 0.6 is 0 Å². The van der Waals surface area contributed by atoms with E-state index < -0.39 is 0 Å². The van der Waals surface area contributed by atoms with Crippen LogP contribution < -0.4 is 0 Å². The van der Waals surface area contributed by atoms with E-state index in [1.807, 2.05) is 18.2 Å². The topological polar surface area (TPSA) is 48.8 Å². The van der Waals surface area contributed by atoms with Crippen molar-refractivity contribution in [1.82, 2.24) is 19.1 Å². The predicted molar refractivity (Wildman–Crippen MR) is 209 cm³/mol. The first kappa shape index (κ1) is 27.9. The predicted octanol–water partition coefficient (Wildman–Crippen LogP) is 11.9. The highest BCUT2D eigenvalue weighted by Gasteiger charge is 2.28. The van der Waals surface area contributed by atoms with Gasteiger partial charge < -0.3 is 8.98 Å². The van der Waals surface area contributed by atoms with Crippen LogP contribution in [-0.2, 0) is 0 Å². The van der Waals surface area contributed by atoms with Crippen molar-refractivity contribution in [2.45, 2.75) is 0 Å². The summed E-state index contributed by atoms with van der Waals surface area (Å²) >= 11 is 0. The average Bonchev–Trinajstić information content (AvgIpc) is 3.87. The van der Waals surface area contributed by atoms with Crippen LogP contribution in [0.4, 0.5) is 0 Å². The smallest absolute Gasteiger partial charge is 0.235 e. The van der Waals surface area contributed by atoms with Crippen molar-refractivity contribution in [3.63, 3.8) is 0 Å². The summed E-state index contributed by atoms with van der Waals surface area (Å²) in [6.45, 7) is 0. The Morgan fingerprint density at radius 3 is 1.55 bits per heavy atom. The van der Waals surface area contributed by atoms with Gasteiger partial charge in [-0.25, -0.2) is 9.97 Å². The molecule has 0 unspecified atom stereocenters. The molecule has 0 bridgehead atoms. The van der Waals surface area contributed by atoms with E-state index in [1.165, 1.54) is 0 Å². The number of furan rings is 1. The van der Waals surface area contributed by atoms with Crippen LogP contribution in [0.3, 0.4) is 0 Å². The van der Waals surface area contributed by atoms with E-state index >= 15 is 0 Å². The molecule has 0 aliphatic carbocycles. The Kier molecular flexibility index (Phi) is 5.89. The molecule has 0 saturated heterocycles. The second-order valence-corrected chi connectivity index (χ2v) is 13.0. The highest BCUT2D eigenvalue weighted by Crippen LogP contribution is 2.49. The molecule has 0 amide bonds. The van der Waals surface area contributed by atoms with Crippen LogP contribution in [0.2, 0.25) is 0 Å². The van der Waals surface area contributed by atoms with Gasteiger partial charge in [-0.2, -0.15) is 0 Å². The van der Waals surface area contributed by atoms with E-state index in [1.54, 1.807) is 0 Å². The summed E-state index contributed by atoms with van der Waals surface area (Å²) in [4.78, 5) is 10.8. The molecule has 0 spiro atoms. The number of para-hydroxylation sites is 4. The van der Waals surface area contributed by atoms with Crippen molar-refractivity contribution in [1.29, 1.82) is 0 Å². The first-order valence-electron chi connectivity index (χ1n) is 17.2. The minimum atomic E-state index is 0.611. The van der Waals surface area contributed by atoms with Gasteiger partial charge in [-0.15, -0.1) is 0 Å². The molecule has 7 aromatic carbocycles. The molecule has 51 heavy (non-hydrogen) atoms. The van der Waals surface area contributed by atoms with Crippen LogP contribution in [-0.4, -0.2) is 19.1 Å². The number of nitrogens with zero attached hydrogens (tertiary/aromatic N) is 4. The van der Waals surface area contributed by atoms with Gasteiger partial charge in [0.1, 0.15) is 11.2 Å². The molecule has 0 aliphatic heterocycles. The van der Waals surface area contributed by atoms with Gasteiger partial charge in [0.2, 0.25) is 5.95 Å². The van der Waals surface area contributed by atoms with E-state index in [9.17, 15) is 0 Å². The van der Waals surface area contributed by atoms with Gasteiger partial charge in [0.05, 0.1) is 38.8 Å². The summed E-state index contributed by atoms with van der Waals surface area (Å²) in [6, 6.07) is 59.1. The molecule has 11 rings (SSSR count). The second-order valence-electron chi connectivity index (χ2n) is 13.0.